The molecule has 0 spiro atoms. The Morgan fingerprint density at radius 1 is 1.28 bits per heavy atom. The molecule has 0 fully saturated rings. The van der Waals surface area contributed by atoms with Crippen molar-refractivity contribution in [2.75, 3.05) is 6.54 Å². The molecule has 0 amide bonds. The average Bonchev–Trinajstić information content (AvgIpc) is 3.08. The van der Waals surface area contributed by atoms with Crippen LogP contribution in [0.5, 0.6) is 0 Å². The van der Waals surface area contributed by atoms with Gasteiger partial charge in [-0.25, -0.2) is 13.8 Å². The molecule has 0 saturated heterocycles. The Morgan fingerprint density at radius 3 is 2.76 bits per heavy atom. The molecule has 0 aliphatic carbocycles. The Kier molecular flexibility index (Phi) is 9.48. The van der Waals surface area contributed by atoms with E-state index in [9.17, 15) is 8.78 Å². The lowest BCUT2D eigenvalue weighted by Gasteiger charge is -2.17. The third-order valence-electron chi connectivity index (χ3n) is 3.65. The van der Waals surface area contributed by atoms with Crippen LogP contribution in [0.15, 0.2) is 46.0 Å². The van der Waals surface area contributed by atoms with E-state index in [0.29, 0.717) is 18.9 Å². The van der Waals surface area contributed by atoms with Gasteiger partial charge in [0.2, 0.25) is 0 Å². The van der Waals surface area contributed by atoms with Gasteiger partial charge in [0, 0.05) is 24.6 Å². The van der Waals surface area contributed by atoms with Crippen LogP contribution >= 0.6 is 24.0 Å². The van der Waals surface area contributed by atoms with Crippen molar-refractivity contribution < 1.29 is 13.2 Å². The first-order chi connectivity index (χ1) is 11.6. The molecule has 138 valence electrons. The molecule has 0 aliphatic rings. The zero-order chi connectivity index (χ0) is 17.4. The van der Waals surface area contributed by atoms with Gasteiger partial charge in [-0.2, -0.15) is 0 Å². The Hall–Kier alpha value is -1.64. The number of guanidine groups is 1. The second-order valence-electron chi connectivity index (χ2n) is 5.61. The first kappa shape index (κ1) is 21.4. The zero-order valence-corrected chi connectivity index (χ0v) is 16.7. The molecule has 0 aliphatic heterocycles. The number of hydrogen-bond acceptors (Lipinski definition) is 2. The van der Waals surface area contributed by atoms with Gasteiger partial charge in [-0.3, -0.25) is 0 Å². The Bertz CT molecular complexity index is 662. The van der Waals surface area contributed by atoms with E-state index in [-0.39, 0.29) is 42.1 Å². The van der Waals surface area contributed by atoms with Crippen molar-refractivity contribution in [2.24, 2.45) is 4.99 Å². The maximum Gasteiger partial charge on any atom is 0.191 e. The van der Waals surface area contributed by atoms with Crippen LogP contribution < -0.4 is 10.6 Å². The summed E-state index contributed by atoms with van der Waals surface area (Å²) in [6.45, 7) is 4.79. The molecule has 4 nitrogen and oxygen atoms in total. The normalized spacial score (nSPS) is 12.4. The van der Waals surface area contributed by atoms with Crippen LogP contribution in [0, 0.1) is 11.6 Å². The van der Waals surface area contributed by atoms with Crippen LogP contribution in [0.3, 0.4) is 0 Å². The second kappa shape index (κ2) is 11.1. The minimum atomic E-state index is -0.469. The van der Waals surface area contributed by atoms with E-state index in [1.165, 1.54) is 6.07 Å². The highest BCUT2D eigenvalue weighted by Gasteiger charge is 2.07. The van der Waals surface area contributed by atoms with E-state index in [1.54, 1.807) is 6.26 Å². The zero-order valence-electron chi connectivity index (χ0n) is 14.4. The number of rotatable bonds is 7. The summed E-state index contributed by atoms with van der Waals surface area (Å²) in [7, 11) is 0. The Balaban J connectivity index is 0.00000312. The van der Waals surface area contributed by atoms with Gasteiger partial charge < -0.3 is 15.1 Å². The second-order valence-corrected chi connectivity index (χ2v) is 5.61. The first-order valence-corrected chi connectivity index (χ1v) is 8.09. The van der Waals surface area contributed by atoms with Crippen molar-refractivity contribution in [3.05, 3.63) is 59.6 Å². The maximum atomic E-state index is 13.7. The summed E-state index contributed by atoms with van der Waals surface area (Å²) in [5.74, 6) is 0.517. The average molecular weight is 463 g/mol. The summed E-state index contributed by atoms with van der Waals surface area (Å²) < 4.78 is 32.2. The Labute approximate surface area is 164 Å². The fraction of sp³-hybridized carbons (Fsp3) is 0.389. The van der Waals surface area contributed by atoms with Crippen molar-refractivity contribution >= 4 is 29.9 Å². The third kappa shape index (κ3) is 7.41. The third-order valence-corrected chi connectivity index (χ3v) is 3.65. The molecular formula is C18H24F2IN3O. The predicted molar refractivity (Wildman–Crippen MR) is 106 cm³/mol. The number of nitrogens with zero attached hydrogens (tertiary/aromatic N) is 1. The molecule has 1 aromatic carbocycles. The summed E-state index contributed by atoms with van der Waals surface area (Å²) in [4.78, 5) is 4.36. The van der Waals surface area contributed by atoms with Gasteiger partial charge in [-0.15, -0.1) is 24.0 Å². The fourth-order valence-electron chi connectivity index (χ4n) is 2.08. The lowest BCUT2D eigenvalue weighted by Crippen LogP contribution is -2.42. The lowest BCUT2D eigenvalue weighted by molar-refractivity contribution is 0.506. The lowest BCUT2D eigenvalue weighted by atomic mass is 10.2. The summed E-state index contributed by atoms with van der Waals surface area (Å²) in [6.07, 6.45) is 3.27. The number of hydrogen-bond donors (Lipinski definition) is 2. The molecule has 1 atom stereocenters. The van der Waals surface area contributed by atoms with E-state index >= 15 is 0 Å². The molecule has 0 radical (unpaired) electrons. The van der Waals surface area contributed by atoms with Crippen LogP contribution in [-0.4, -0.2) is 18.5 Å². The molecular weight excluding hydrogens is 439 g/mol. The van der Waals surface area contributed by atoms with Crippen molar-refractivity contribution in [2.45, 2.75) is 39.3 Å². The largest absolute Gasteiger partial charge is 0.469 e. The first-order valence-electron chi connectivity index (χ1n) is 8.09. The van der Waals surface area contributed by atoms with Gasteiger partial charge in [0.25, 0.3) is 0 Å². The summed E-state index contributed by atoms with van der Waals surface area (Å²) in [5, 5.41) is 6.43. The van der Waals surface area contributed by atoms with Gasteiger partial charge >= 0.3 is 0 Å². The molecule has 1 heterocycles. The topological polar surface area (TPSA) is 49.6 Å². The fourth-order valence-corrected chi connectivity index (χ4v) is 2.08. The van der Waals surface area contributed by atoms with Crippen molar-refractivity contribution in [1.29, 1.82) is 0 Å². The summed E-state index contributed by atoms with van der Waals surface area (Å²) in [6, 6.07) is 7.35. The van der Waals surface area contributed by atoms with Gasteiger partial charge in [0.1, 0.15) is 17.4 Å². The van der Waals surface area contributed by atoms with Crippen LogP contribution in [-0.2, 0) is 13.0 Å². The van der Waals surface area contributed by atoms with Gasteiger partial charge in [0.05, 0.1) is 12.8 Å². The van der Waals surface area contributed by atoms with Gasteiger partial charge in [-0.05, 0) is 43.7 Å². The van der Waals surface area contributed by atoms with Crippen LogP contribution in [0.2, 0.25) is 0 Å². The van der Waals surface area contributed by atoms with E-state index in [1.807, 2.05) is 19.1 Å². The molecule has 1 aromatic heterocycles. The molecule has 25 heavy (non-hydrogen) atoms. The number of benzene rings is 1. The quantitative estimate of drug-likeness (QED) is 0.367. The molecule has 0 saturated carbocycles. The Morgan fingerprint density at radius 2 is 2.08 bits per heavy atom. The molecule has 2 rings (SSSR count). The molecule has 1 unspecified atom stereocenters. The number of aliphatic imine (C=N–C) groups is 1. The van der Waals surface area contributed by atoms with Crippen LogP contribution in [0.1, 0.15) is 31.6 Å². The van der Waals surface area contributed by atoms with Gasteiger partial charge in [0.15, 0.2) is 5.96 Å². The SMILES string of the molecule is CCC(C)NC(=NCc1cc(F)ccc1F)NCCc1ccco1.I. The predicted octanol–water partition coefficient (Wildman–Crippen LogP) is 4.25. The molecule has 7 heteroatoms. The minimum absolute atomic E-state index is 0. The number of nitrogens with one attached hydrogen (secondary N) is 2. The van der Waals surface area contributed by atoms with Gasteiger partial charge in [-0.1, -0.05) is 6.92 Å². The van der Waals surface area contributed by atoms with Crippen LogP contribution in [0.4, 0.5) is 8.78 Å². The summed E-state index contributed by atoms with van der Waals surface area (Å²) in [5.41, 5.74) is 0.228. The summed E-state index contributed by atoms with van der Waals surface area (Å²) >= 11 is 0. The number of furan rings is 1. The van der Waals surface area contributed by atoms with E-state index in [2.05, 4.69) is 22.5 Å². The molecule has 2 N–H and O–H groups in total. The highest BCUT2D eigenvalue weighted by Crippen LogP contribution is 2.10. The number of halogens is 3. The molecule has 2 aromatic rings. The molecule has 0 bridgehead atoms. The van der Waals surface area contributed by atoms with E-state index < -0.39 is 11.6 Å². The van der Waals surface area contributed by atoms with Crippen molar-refractivity contribution in [3.8, 4) is 0 Å². The monoisotopic (exact) mass is 463 g/mol. The van der Waals surface area contributed by atoms with E-state index in [0.717, 1.165) is 24.3 Å². The standard InChI is InChI=1S/C18H23F2N3O.HI/c1-3-13(2)23-18(21-9-8-16-5-4-10-24-16)22-12-14-11-15(19)6-7-17(14)20;/h4-7,10-11,13H,3,8-9,12H2,1-2H3,(H2,21,22,23);1H. The smallest absolute Gasteiger partial charge is 0.191 e. The van der Waals surface area contributed by atoms with Crippen molar-refractivity contribution in [3.63, 3.8) is 0 Å². The highest BCUT2D eigenvalue weighted by molar-refractivity contribution is 14.0. The van der Waals surface area contributed by atoms with Crippen LogP contribution in [0.25, 0.3) is 0 Å². The highest BCUT2D eigenvalue weighted by atomic mass is 127. The minimum Gasteiger partial charge on any atom is -0.469 e. The van der Waals surface area contributed by atoms with E-state index in [4.69, 9.17) is 4.42 Å². The maximum absolute atomic E-state index is 13.7. The van der Waals surface area contributed by atoms with Crippen molar-refractivity contribution in [1.82, 2.24) is 10.6 Å².